The third kappa shape index (κ3) is 3.09. The molecule has 7 heteroatoms. The number of hydrogen-bond acceptors (Lipinski definition) is 3. The van der Waals surface area contributed by atoms with E-state index in [-0.39, 0.29) is 12.0 Å². The first-order valence-corrected chi connectivity index (χ1v) is 6.57. The van der Waals surface area contributed by atoms with Crippen molar-refractivity contribution in [1.82, 2.24) is 10.4 Å². The average molecular weight is 291 g/mol. The predicted molar refractivity (Wildman–Crippen MR) is 65.8 cm³/mol. The van der Waals surface area contributed by atoms with Crippen LogP contribution in [0.5, 0.6) is 0 Å². The molecule has 3 atom stereocenters. The molecular weight excluding hydrogens is 274 g/mol. The largest absolute Gasteiger partial charge is 0.392 e. The molecule has 112 valence electrons. The number of aromatic nitrogens is 1. The van der Waals surface area contributed by atoms with Gasteiger partial charge in [-0.2, -0.15) is 13.2 Å². The zero-order chi connectivity index (χ0) is 14.8. The summed E-state index contributed by atoms with van der Waals surface area (Å²) in [7, 11) is 0. The van der Waals surface area contributed by atoms with Crippen LogP contribution in [0.1, 0.15) is 37.3 Å². The SMILES string of the molecule is NNC(c1ccncc1F)C1CCCCC1C(F)(F)F. The van der Waals surface area contributed by atoms with Gasteiger partial charge in [0, 0.05) is 11.8 Å². The van der Waals surface area contributed by atoms with Crippen molar-refractivity contribution in [2.24, 2.45) is 17.7 Å². The first kappa shape index (κ1) is 15.2. The number of hydrazine groups is 1. The molecule has 0 saturated heterocycles. The minimum atomic E-state index is -4.29. The van der Waals surface area contributed by atoms with Gasteiger partial charge < -0.3 is 0 Å². The first-order chi connectivity index (χ1) is 9.45. The molecule has 3 nitrogen and oxygen atoms in total. The van der Waals surface area contributed by atoms with Crippen LogP contribution in [0.15, 0.2) is 18.5 Å². The van der Waals surface area contributed by atoms with Crippen molar-refractivity contribution >= 4 is 0 Å². The monoisotopic (exact) mass is 291 g/mol. The van der Waals surface area contributed by atoms with E-state index in [1.165, 1.54) is 12.3 Å². The normalized spacial score (nSPS) is 25.4. The smallest absolute Gasteiger partial charge is 0.271 e. The summed E-state index contributed by atoms with van der Waals surface area (Å²) in [4.78, 5) is 3.61. The van der Waals surface area contributed by atoms with E-state index < -0.39 is 29.9 Å². The van der Waals surface area contributed by atoms with Crippen LogP contribution in [0.3, 0.4) is 0 Å². The zero-order valence-corrected chi connectivity index (χ0v) is 10.8. The van der Waals surface area contributed by atoms with Gasteiger partial charge in [0.1, 0.15) is 5.82 Å². The average Bonchev–Trinajstić information content (AvgIpc) is 2.41. The van der Waals surface area contributed by atoms with Crippen LogP contribution >= 0.6 is 0 Å². The molecule has 1 fully saturated rings. The Balaban J connectivity index is 2.32. The van der Waals surface area contributed by atoms with Crippen LogP contribution in [0.4, 0.5) is 17.6 Å². The van der Waals surface area contributed by atoms with Gasteiger partial charge in [0.25, 0.3) is 0 Å². The lowest BCUT2D eigenvalue weighted by atomic mass is 9.73. The second kappa shape index (κ2) is 6.05. The molecule has 1 aromatic heterocycles. The lowest BCUT2D eigenvalue weighted by molar-refractivity contribution is -0.199. The van der Waals surface area contributed by atoms with E-state index >= 15 is 0 Å². The molecule has 0 radical (unpaired) electrons. The van der Waals surface area contributed by atoms with Gasteiger partial charge in [-0.3, -0.25) is 16.3 Å². The van der Waals surface area contributed by atoms with Crippen molar-refractivity contribution in [3.8, 4) is 0 Å². The van der Waals surface area contributed by atoms with Gasteiger partial charge in [0.2, 0.25) is 0 Å². The Morgan fingerprint density at radius 1 is 1.30 bits per heavy atom. The van der Waals surface area contributed by atoms with Crippen LogP contribution in [-0.2, 0) is 0 Å². The Kier molecular flexibility index (Phi) is 4.59. The lowest BCUT2D eigenvalue weighted by Gasteiger charge is -2.38. The summed E-state index contributed by atoms with van der Waals surface area (Å²) in [5, 5.41) is 0. The van der Waals surface area contributed by atoms with Gasteiger partial charge in [-0.1, -0.05) is 12.8 Å². The Morgan fingerprint density at radius 2 is 2.00 bits per heavy atom. The van der Waals surface area contributed by atoms with Crippen molar-refractivity contribution in [2.75, 3.05) is 0 Å². The molecular formula is C13H17F4N3. The van der Waals surface area contributed by atoms with Crippen molar-refractivity contribution in [2.45, 2.75) is 37.9 Å². The molecule has 1 aliphatic carbocycles. The fraction of sp³-hybridized carbons (Fsp3) is 0.615. The number of pyridine rings is 1. The number of nitrogens with one attached hydrogen (secondary N) is 1. The number of alkyl halides is 3. The summed E-state index contributed by atoms with van der Waals surface area (Å²) in [6, 6.07) is 0.520. The van der Waals surface area contributed by atoms with Gasteiger partial charge in [0.05, 0.1) is 18.2 Å². The molecule has 1 aliphatic rings. The Bertz CT molecular complexity index is 449. The van der Waals surface area contributed by atoms with Crippen LogP contribution in [0.25, 0.3) is 0 Å². The van der Waals surface area contributed by atoms with Crippen molar-refractivity contribution in [1.29, 1.82) is 0 Å². The molecule has 3 unspecified atom stereocenters. The van der Waals surface area contributed by atoms with Crippen molar-refractivity contribution in [3.63, 3.8) is 0 Å². The van der Waals surface area contributed by atoms with Crippen LogP contribution in [-0.4, -0.2) is 11.2 Å². The quantitative estimate of drug-likeness (QED) is 0.511. The van der Waals surface area contributed by atoms with Crippen LogP contribution < -0.4 is 11.3 Å². The standard InChI is InChI=1S/C13H17F4N3/c14-11-7-19-6-5-9(11)12(20-18)8-3-1-2-4-10(8)13(15,16)17/h5-8,10,12,20H,1-4,18H2. The maximum absolute atomic E-state index is 13.8. The van der Waals surface area contributed by atoms with Gasteiger partial charge in [0.15, 0.2) is 0 Å². The summed E-state index contributed by atoms with van der Waals surface area (Å²) < 4.78 is 53.2. The van der Waals surface area contributed by atoms with E-state index in [1.807, 2.05) is 0 Å². The lowest BCUT2D eigenvalue weighted by Crippen LogP contribution is -2.43. The predicted octanol–water partition coefficient (Wildman–Crippen LogP) is 3.09. The van der Waals surface area contributed by atoms with Gasteiger partial charge >= 0.3 is 6.18 Å². The highest BCUT2D eigenvalue weighted by Gasteiger charge is 2.48. The van der Waals surface area contributed by atoms with E-state index in [0.29, 0.717) is 19.3 Å². The fourth-order valence-electron chi connectivity index (χ4n) is 3.05. The van der Waals surface area contributed by atoms with Crippen LogP contribution in [0, 0.1) is 17.7 Å². The van der Waals surface area contributed by atoms with Crippen molar-refractivity contribution in [3.05, 3.63) is 29.8 Å². The molecule has 0 spiro atoms. The van der Waals surface area contributed by atoms with E-state index in [0.717, 1.165) is 6.20 Å². The molecule has 1 saturated carbocycles. The maximum atomic E-state index is 13.8. The highest BCUT2D eigenvalue weighted by Crippen LogP contribution is 2.46. The van der Waals surface area contributed by atoms with Crippen molar-refractivity contribution < 1.29 is 17.6 Å². The number of halogens is 4. The van der Waals surface area contributed by atoms with Gasteiger partial charge in [-0.15, -0.1) is 0 Å². The number of nitrogens with two attached hydrogens (primary N) is 1. The van der Waals surface area contributed by atoms with Gasteiger partial charge in [-0.25, -0.2) is 4.39 Å². The topological polar surface area (TPSA) is 50.9 Å². The molecule has 1 aromatic rings. The molecule has 20 heavy (non-hydrogen) atoms. The van der Waals surface area contributed by atoms with E-state index in [2.05, 4.69) is 10.4 Å². The number of rotatable bonds is 3. The summed E-state index contributed by atoms with van der Waals surface area (Å²) in [6.07, 6.45) is -0.262. The fourth-order valence-corrected chi connectivity index (χ4v) is 3.05. The molecule has 0 aromatic carbocycles. The summed E-state index contributed by atoms with van der Waals surface area (Å²) in [5.41, 5.74) is 2.51. The zero-order valence-electron chi connectivity index (χ0n) is 10.8. The minimum Gasteiger partial charge on any atom is -0.271 e. The third-order valence-electron chi connectivity index (χ3n) is 3.99. The Hall–Kier alpha value is -1.21. The summed E-state index contributed by atoms with van der Waals surface area (Å²) >= 11 is 0. The molecule has 0 bridgehead atoms. The molecule has 1 heterocycles. The first-order valence-electron chi connectivity index (χ1n) is 6.57. The summed E-state index contributed by atoms with van der Waals surface area (Å²) in [6.45, 7) is 0. The minimum absolute atomic E-state index is 0.0685. The Labute approximate surface area is 114 Å². The molecule has 2 rings (SSSR count). The number of hydrogen-bond donors (Lipinski definition) is 2. The third-order valence-corrected chi connectivity index (χ3v) is 3.99. The number of nitrogens with zero attached hydrogens (tertiary/aromatic N) is 1. The molecule has 0 aliphatic heterocycles. The highest BCUT2D eigenvalue weighted by molar-refractivity contribution is 5.19. The second-order valence-corrected chi connectivity index (χ2v) is 5.14. The van der Waals surface area contributed by atoms with E-state index in [1.54, 1.807) is 0 Å². The van der Waals surface area contributed by atoms with E-state index in [4.69, 9.17) is 5.84 Å². The van der Waals surface area contributed by atoms with Gasteiger partial charge in [-0.05, 0) is 24.8 Å². The van der Waals surface area contributed by atoms with Crippen LogP contribution in [0.2, 0.25) is 0 Å². The van der Waals surface area contributed by atoms with E-state index in [9.17, 15) is 17.6 Å². The molecule has 3 N–H and O–H groups in total. The highest BCUT2D eigenvalue weighted by atomic mass is 19.4. The second-order valence-electron chi connectivity index (χ2n) is 5.14. The summed E-state index contributed by atoms with van der Waals surface area (Å²) in [5.74, 6) is 2.56. The maximum Gasteiger partial charge on any atom is 0.392 e. The molecule has 0 amide bonds. The Morgan fingerprint density at radius 3 is 2.60 bits per heavy atom.